The molecule has 1 aromatic heterocycles. The predicted octanol–water partition coefficient (Wildman–Crippen LogP) is 2.90. The Hall–Kier alpha value is -2.85. The molecule has 2 atom stereocenters. The first-order valence-corrected chi connectivity index (χ1v) is 9.32. The Labute approximate surface area is 160 Å². The summed E-state index contributed by atoms with van der Waals surface area (Å²) in [5, 5.41) is 3.23. The van der Waals surface area contributed by atoms with Gasteiger partial charge < -0.3 is 14.6 Å². The van der Waals surface area contributed by atoms with E-state index in [1.54, 1.807) is 0 Å². The van der Waals surface area contributed by atoms with Gasteiger partial charge in [-0.3, -0.25) is 4.79 Å². The number of furan rings is 1. The molecule has 0 radical (unpaired) electrons. The third-order valence-electron chi connectivity index (χ3n) is 4.93. The van der Waals surface area contributed by atoms with Crippen LogP contribution >= 0.6 is 0 Å². The van der Waals surface area contributed by atoms with Gasteiger partial charge in [-0.25, -0.2) is 0 Å². The zero-order chi connectivity index (χ0) is 19.2. The molecule has 3 aromatic rings. The Morgan fingerprint density at radius 1 is 0.963 bits per heavy atom. The van der Waals surface area contributed by atoms with Crippen molar-refractivity contribution in [3.63, 3.8) is 0 Å². The zero-order valence-corrected chi connectivity index (χ0v) is 16.1. The molecular weight excluding hydrogens is 336 g/mol. The molecule has 1 heterocycles. The van der Waals surface area contributed by atoms with E-state index in [1.807, 2.05) is 93.7 Å². The minimum atomic E-state index is -0.203. The second kappa shape index (κ2) is 8.69. The maximum atomic E-state index is 13.0. The van der Waals surface area contributed by atoms with Crippen molar-refractivity contribution >= 4 is 5.91 Å². The fourth-order valence-corrected chi connectivity index (χ4v) is 3.15. The van der Waals surface area contributed by atoms with Crippen molar-refractivity contribution in [1.29, 1.82) is 0 Å². The molecule has 0 bridgehead atoms. The first-order chi connectivity index (χ1) is 13.0. The Morgan fingerprint density at radius 3 is 2.00 bits per heavy atom. The number of carbonyl (C=O) groups excluding carboxylic acids is 1. The Balaban J connectivity index is 1.73. The molecule has 0 aliphatic rings. The summed E-state index contributed by atoms with van der Waals surface area (Å²) in [5.41, 5.74) is 2.15. The number of likely N-dealkylation sites (N-methyl/N-ethyl adjacent to an activating group) is 1. The summed E-state index contributed by atoms with van der Waals surface area (Å²) in [7, 11) is 2.02. The molecular formula is C23H27N2O2+. The Bertz CT molecular complexity index is 819. The van der Waals surface area contributed by atoms with Crippen molar-refractivity contribution in [3.8, 4) is 0 Å². The molecule has 140 valence electrons. The molecule has 3 rings (SSSR count). The minimum Gasteiger partial charge on any atom is -0.460 e. The average Bonchev–Trinajstić information content (AvgIpc) is 3.11. The molecule has 0 fully saturated rings. The molecule has 27 heavy (non-hydrogen) atoms. The van der Waals surface area contributed by atoms with Gasteiger partial charge in [0.15, 0.2) is 11.8 Å². The van der Waals surface area contributed by atoms with Gasteiger partial charge in [0.1, 0.15) is 12.3 Å². The van der Waals surface area contributed by atoms with Crippen molar-refractivity contribution in [3.05, 3.63) is 95.4 Å². The van der Waals surface area contributed by atoms with Gasteiger partial charge in [0, 0.05) is 0 Å². The molecule has 0 spiro atoms. The smallest absolute Gasteiger partial charge is 0.278 e. The third-order valence-corrected chi connectivity index (χ3v) is 4.93. The van der Waals surface area contributed by atoms with Gasteiger partial charge >= 0.3 is 0 Å². The van der Waals surface area contributed by atoms with E-state index in [0.717, 1.165) is 27.5 Å². The number of benzene rings is 2. The van der Waals surface area contributed by atoms with Crippen LogP contribution < -0.4 is 10.2 Å². The highest BCUT2D eigenvalue weighted by atomic mass is 16.3. The summed E-state index contributed by atoms with van der Waals surface area (Å²) in [4.78, 5) is 14.1. The van der Waals surface area contributed by atoms with Crippen LogP contribution in [0.3, 0.4) is 0 Å². The first-order valence-electron chi connectivity index (χ1n) is 9.32. The van der Waals surface area contributed by atoms with Gasteiger partial charge in [0.2, 0.25) is 0 Å². The van der Waals surface area contributed by atoms with Crippen molar-refractivity contribution in [1.82, 2.24) is 5.32 Å². The van der Waals surface area contributed by atoms with Gasteiger partial charge in [0.05, 0.1) is 13.1 Å². The van der Waals surface area contributed by atoms with Crippen LogP contribution in [0.15, 0.2) is 77.2 Å². The van der Waals surface area contributed by atoms with Crippen molar-refractivity contribution < 1.29 is 14.1 Å². The van der Waals surface area contributed by atoms with Crippen LogP contribution in [0.2, 0.25) is 0 Å². The lowest BCUT2D eigenvalue weighted by Gasteiger charge is -2.25. The third kappa shape index (κ3) is 4.86. The van der Waals surface area contributed by atoms with Crippen LogP contribution in [0.1, 0.15) is 35.6 Å². The van der Waals surface area contributed by atoms with Crippen LogP contribution in [-0.2, 0) is 11.3 Å². The van der Waals surface area contributed by atoms with E-state index in [0.29, 0.717) is 6.54 Å². The second-order valence-electron chi connectivity index (χ2n) is 7.02. The van der Waals surface area contributed by atoms with Crippen LogP contribution in [0.5, 0.6) is 0 Å². The maximum Gasteiger partial charge on any atom is 0.278 e. The Kier molecular flexibility index (Phi) is 6.09. The van der Waals surface area contributed by atoms with Crippen molar-refractivity contribution in [2.75, 3.05) is 7.05 Å². The monoisotopic (exact) mass is 363 g/mol. The largest absolute Gasteiger partial charge is 0.460 e. The molecule has 1 amide bonds. The zero-order valence-electron chi connectivity index (χ0n) is 16.1. The molecule has 2 aromatic carbocycles. The molecule has 1 unspecified atom stereocenters. The van der Waals surface area contributed by atoms with Gasteiger partial charge in [-0.1, -0.05) is 60.7 Å². The highest BCUT2D eigenvalue weighted by Gasteiger charge is 2.26. The van der Waals surface area contributed by atoms with E-state index < -0.39 is 0 Å². The molecule has 0 aliphatic carbocycles. The lowest BCUT2D eigenvalue weighted by molar-refractivity contribution is -0.909. The normalized spacial score (nSPS) is 13.3. The second-order valence-corrected chi connectivity index (χ2v) is 7.02. The minimum absolute atomic E-state index is 0.0217. The van der Waals surface area contributed by atoms with Crippen LogP contribution in [-0.4, -0.2) is 19.0 Å². The summed E-state index contributed by atoms with van der Waals surface area (Å²) in [6.07, 6.45) is 0. The molecule has 0 saturated carbocycles. The number of quaternary nitrogens is 1. The molecule has 4 heteroatoms. The lowest BCUT2D eigenvalue weighted by atomic mass is 9.98. The van der Waals surface area contributed by atoms with Gasteiger partial charge in [-0.05, 0) is 37.1 Å². The van der Waals surface area contributed by atoms with E-state index in [2.05, 4.69) is 5.32 Å². The highest BCUT2D eigenvalue weighted by molar-refractivity contribution is 5.80. The Morgan fingerprint density at radius 2 is 1.52 bits per heavy atom. The number of hydrogen-bond donors (Lipinski definition) is 2. The fraction of sp³-hybridized carbons (Fsp3) is 0.261. The van der Waals surface area contributed by atoms with Gasteiger partial charge in [-0.15, -0.1) is 0 Å². The highest BCUT2D eigenvalue weighted by Crippen LogP contribution is 2.21. The van der Waals surface area contributed by atoms with Gasteiger partial charge in [0.25, 0.3) is 5.91 Å². The number of carbonyl (C=O) groups is 1. The number of aryl methyl sites for hydroxylation is 1. The summed E-state index contributed by atoms with van der Waals surface area (Å²) in [6, 6.07) is 23.7. The fourth-order valence-electron chi connectivity index (χ4n) is 3.15. The van der Waals surface area contributed by atoms with Crippen LogP contribution in [0.4, 0.5) is 0 Å². The van der Waals surface area contributed by atoms with Crippen molar-refractivity contribution in [2.24, 2.45) is 0 Å². The van der Waals surface area contributed by atoms with E-state index in [1.165, 1.54) is 0 Å². The average molecular weight is 363 g/mol. The number of hydrogen-bond acceptors (Lipinski definition) is 2. The summed E-state index contributed by atoms with van der Waals surface area (Å²) in [6.45, 7) is 4.55. The standard InChI is InChI=1S/C23H26N2O2/c1-17-14-15-21(27-17)16-25(3)18(2)23(26)24-22(19-10-6-4-7-11-19)20-12-8-5-9-13-20/h4-15,18,22H,16H2,1-3H3,(H,24,26)/p+1/t18-/m0/s1. The van der Waals surface area contributed by atoms with E-state index >= 15 is 0 Å². The van der Waals surface area contributed by atoms with E-state index in [-0.39, 0.29) is 18.0 Å². The van der Waals surface area contributed by atoms with E-state index in [9.17, 15) is 4.79 Å². The number of nitrogens with one attached hydrogen (secondary N) is 2. The predicted molar refractivity (Wildman–Crippen MR) is 106 cm³/mol. The number of rotatable bonds is 7. The maximum absolute atomic E-state index is 13.0. The SMILES string of the molecule is Cc1ccc(C[NH+](C)[C@@H](C)C(=O)NC(c2ccccc2)c2ccccc2)o1. The molecule has 2 N–H and O–H groups in total. The molecule has 0 saturated heterocycles. The lowest BCUT2D eigenvalue weighted by Crippen LogP contribution is -3.12. The van der Waals surface area contributed by atoms with E-state index in [4.69, 9.17) is 4.42 Å². The molecule has 4 nitrogen and oxygen atoms in total. The topological polar surface area (TPSA) is 46.7 Å². The van der Waals surface area contributed by atoms with Crippen LogP contribution in [0.25, 0.3) is 0 Å². The van der Waals surface area contributed by atoms with Crippen LogP contribution in [0, 0.1) is 6.92 Å². The summed E-state index contributed by atoms with van der Waals surface area (Å²) >= 11 is 0. The summed E-state index contributed by atoms with van der Waals surface area (Å²) in [5.74, 6) is 1.81. The quantitative estimate of drug-likeness (QED) is 0.678. The first kappa shape index (κ1) is 18.9. The van der Waals surface area contributed by atoms with Crippen molar-refractivity contribution in [2.45, 2.75) is 32.5 Å². The molecule has 0 aliphatic heterocycles. The van der Waals surface area contributed by atoms with Gasteiger partial charge in [-0.2, -0.15) is 0 Å². The number of amides is 1. The summed E-state index contributed by atoms with van der Waals surface area (Å²) < 4.78 is 5.65.